The molecular weight excluding hydrogens is 330 g/mol. The summed E-state index contributed by atoms with van der Waals surface area (Å²) in [6.07, 6.45) is 0.0285. The highest BCUT2D eigenvalue weighted by Gasteiger charge is 2.53. The van der Waals surface area contributed by atoms with Crippen LogP contribution in [0.15, 0.2) is 24.3 Å². The van der Waals surface area contributed by atoms with Crippen molar-refractivity contribution in [1.82, 2.24) is 4.90 Å². The zero-order chi connectivity index (χ0) is 18.2. The van der Waals surface area contributed by atoms with Crippen LogP contribution in [0.5, 0.6) is 0 Å². The Kier molecular flexibility index (Phi) is 5.19. The van der Waals surface area contributed by atoms with E-state index in [1.165, 1.54) is 4.90 Å². The third-order valence-corrected chi connectivity index (χ3v) is 4.67. The Labute approximate surface area is 148 Å². The average Bonchev–Trinajstić information content (AvgIpc) is 2.46. The minimum Gasteiger partial charge on any atom is -0.444 e. The van der Waals surface area contributed by atoms with Gasteiger partial charge < -0.3 is 19.5 Å². The molecule has 1 aliphatic heterocycles. The van der Waals surface area contributed by atoms with E-state index in [9.17, 15) is 9.90 Å². The van der Waals surface area contributed by atoms with E-state index in [-0.39, 0.29) is 6.54 Å². The summed E-state index contributed by atoms with van der Waals surface area (Å²) in [4.78, 5) is 13.8. The molecule has 1 amide bonds. The minimum atomic E-state index is -1.27. The number of nitrogens with zero attached hydrogens (tertiary/aromatic N) is 1. The van der Waals surface area contributed by atoms with E-state index in [1.807, 2.05) is 32.9 Å². The first-order chi connectivity index (χ1) is 11.0. The lowest BCUT2D eigenvalue weighted by atomic mass is 9.73. The predicted molar refractivity (Wildman–Crippen MR) is 93.2 cm³/mol. The Morgan fingerprint density at radius 3 is 2.33 bits per heavy atom. The van der Waals surface area contributed by atoms with Gasteiger partial charge in [0.15, 0.2) is 0 Å². The molecule has 1 aliphatic rings. The van der Waals surface area contributed by atoms with Gasteiger partial charge in [-0.15, -0.1) is 0 Å². The van der Waals surface area contributed by atoms with Crippen LogP contribution in [0.2, 0.25) is 5.02 Å². The lowest BCUT2D eigenvalue weighted by molar-refractivity contribution is -0.199. The van der Waals surface area contributed by atoms with Gasteiger partial charge in [0, 0.05) is 25.1 Å². The van der Waals surface area contributed by atoms with Crippen molar-refractivity contribution in [3.8, 4) is 0 Å². The zero-order valence-corrected chi connectivity index (χ0v) is 15.7. The molecule has 0 aromatic heterocycles. The number of halogens is 1. The summed E-state index contributed by atoms with van der Waals surface area (Å²) in [5, 5.41) is 11.7. The number of amides is 1. The molecule has 2 rings (SSSR count). The van der Waals surface area contributed by atoms with Gasteiger partial charge in [0.1, 0.15) is 16.8 Å². The van der Waals surface area contributed by atoms with Crippen LogP contribution in [0.1, 0.15) is 39.7 Å². The van der Waals surface area contributed by atoms with Crippen molar-refractivity contribution in [1.29, 1.82) is 0 Å². The molecule has 0 aliphatic carbocycles. The Hall–Kier alpha value is -1.30. The molecule has 134 valence electrons. The fourth-order valence-corrected chi connectivity index (χ4v) is 3.36. The quantitative estimate of drug-likeness (QED) is 0.881. The molecule has 1 N–H and O–H groups in total. The number of aliphatic hydroxyl groups is 1. The number of carbonyl (C=O) groups excluding carboxylic acids is 1. The molecule has 6 heteroatoms. The first-order valence-corrected chi connectivity index (χ1v) is 8.40. The number of hydrogen-bond donors (Lipinski definition) is 1. The van der Waals surface area contributed by atoms with E-state index < -0.39 is 22.9 Å². The minimum absolute atomic E-state index is 0.123. The Bertz CT molecular complexity index is 594. The molecule has 0 saturated carbocycles. The first-order valence-electron chi connectivity index (χ1n) is 8.02. The van der Waals surface area contributed by atoms with Crippen molar-refractivity contribution in [2.45, 2.75) is 50.9 Å². The number of likely N-dealkylation sites (tertiary alicyclic amines) is 1. The van der Waals surface area contributed by atoms with Crippen molar-refractivity contribution in [2.75, 3.05) is 20.2 Å². The molecule has 2 atom stereocenters. The number of hydrogen-bond acceptors (Lipinski definition) is 4. The summed E-state index contributed by atoms with van der Waals surface area (Å²) in [5.41, 5.74) is -1.92. The highest BCUT2D eigenvalue weighted by molar-refractivity contribution is 6.30. The standard InChI is InChI=1S/C18H26ClNO4/c1-16(2,3)24-15(21)20-11-10-18(23-5,17(4,22)12-20)13-6-8-14(19)9-7-13/h6-9,22H,10-12H2,1-5H3. The van der Waals surface area contributed by atoms with Crippen LogP contribution < -0.4 is 0 Å². The topological polar surface area (TPSA) is 59.0 Å². The summed E-state index contributed by atoms with van der Waals surface area (Å²) in [7, 11) is 1.58. The summed E-state index contributed by atoms with van der Waals surface area (Å²) in [6, 6.07) is 7.24. The van der Waals surface area contributed by atoms with Crippen LogP contribution in [0.4, 0.5) is 4.79 Å². The number of β-amino-alcohol motifs (C(OH)–C–C–N with tert-alkyl or cyclic N) is 1. The molecule has 1 heterocycles. The second kappa shape index (κ2) is 6.54. The molecule has 1 aromatic carbocycles. The molecule has 0 spiro atoms. The third-order valence-electron chi connectivity index (χ3n) is 4.41. The highest BCUT2D eigenvalue weighted by Crippen LogP contribution is 2.43. The number of benzene rings is 1. The SMILES string of the molecule is COC1(c2ccc(Cl)cc2)CCN(C(=O)OC(C)(C)C)CC1(C)O. The lowest BCUT2D eigenvalue weighted by Crippen LogP contribution is -2.63. The maximum atomic E-state index is 12.3. The van der Waals surface area contributed by atoms with E-state index in [0.717, 1.165) is 5.56 Å². The third kappa shape index (κ3) is 3.68. The van der Waals surface area contributed by atoms with Crippen LogP contribution in [0, 0.1) is 0 Å². The van der Waals surface area contributed by atoms with Crippen LogP contribution >= 0.6 is 11.6 Å². The maximum absolute atomic E-state index is 12.3. The lowest BCUT2D eigenvalue weighted by Gasteiger charge is -2.51. The number of carbonyl (C=O) groups is 1. The van der Waals surface area contributed by atoms with Gasteiger partial charge in [-0.1, -0.05) is 23.7 Å². The van der Waals surface area contributed by atoms with E-state index in [2.05, 4.69) is 0 Å². The monoisotopic (exact) mass is 355 g/mol. The van der Waals surface area contributed by atoms with Gasteiger partial charge in [-0.2, -0.15) is 0 Å². The van der Waals surface area contributed by atoms with Gasteiger partial charge in [-0.05, 0) is 45.4 Å². The summed E-state index contributed by atoms with van der Waals surface area (Å²) >= 11 is 5.96. The first kappa shape index (κ1) is 19.0. The van der Waals surface area contributed by atoms with Gasteiger partial charge in [-0.25, -0.2) is 4.79 Å². The van der Waals surface area contributed by atoms with Crippen LogP contribution in [0.25, 0.3) is 0 Å². The van der Waals surface area contributed by atoms with E-state index in [1.54, 1.807) is 26.2 Å². The van der Waals surface area contributed by atoms with Gasteiger partial charge in [0.05, 0.1) is 6.54 Å². The summed E-state index contributed by atoms with van der Waals surface area (Å²) < 4.78 is 11.2. The molecular formula is C18H26ClNO4. The fourth-order valence-electron chi connectivity index (χ4n) is 3.24. The van der Waals surface area contributed by atoms with Crippen LogP contribution in [-0.2, 0) is 15.1 Å². The largest absolute Gasteiger partial charge is 0.444 e. The molecule has 2 unspecified atom stereocenters. The molecule has 1 aromatic rings. The Morgan fingerprint density at radius 2 is 1.88 bits per heavy atom. The number of piperidine rings is 1. The number of methoxy groups -OCH3 is 1. The molecule has 0 radical (unpaired) electrons. The normalized spacial score (nSPS) is 27.9. The van der Waals surface area contributed by atoms with Crippen molar-refractivity contribution >= 4 is 17.7 Å². The van der Waals surface area contributed by atoms with Crippen molar-refractivity contribution in [2.24, 2.45) is 0 Å². The number of rotatable bonds is 2. The van der Waals surface area contributed by atoms with Gasteiger partial charge in [-0.3, -0.25) is 0 Å². The van der Waals surface area contributed by atoms with E-state index >= 15 is 0 Å². The summed E-state index contributed by atoms with van der Waals surface area (Å²) in [6.45, 7) is 7.70. The number of ether oxygens (including phenoxy) is 2. The van der Waals surface area contributed by atoms with Crippen molar-refractivity contribution < 1.29 is 19.4 Å². The second-order valence-corrected chi connectivity index (χ2v) is 7.90. The summed E-state index contributed by atoms with van der Waals surface area (Å²) in [5.74, 6) is 0. The van der Waals surface area contributed by atoms with Gasteiger partial charge in [0.25, 0.3) is 0 Å². The van der Waals surface area contributed by atoms with Gasteiger partial charge in [0.2, 0.25) is 0 Å². The Balaban J connectivity index is 2.26. The fraction of sp³-hybridized carbons (Fsp3) is 0.611. The smallest absolute Gasteiger partial charge is 0.410 e. The van der Waals surface area contributed by atoms with Crippen molar-refractivity contribution in [3.63, 3.8) is 0 Å². The van der Waals surface area contributed by atoms with E-state index in [4.69, 9.17) is 21.1 Å². The van der Waals surface area contributed by atoms with Crippen LogP contribution in [0.3, 0.4) is 0 Å². The van der Waals surface area contributed by atoms with Crippen LogP contribution in [-0.4, -0.2) is 47.5 Å². The molecule has 24 heavy (non-hydrogen) atoms. The average molecular weight is 356 g/mol. The predicted octanol–water partition coefficient (Wildman–Crippen LogP) is 3.57. The second-order valence-electron chi connectivity index (χ2n) is 7.46. The highest BCUT2D eigenvalue weighted by atomic mass is 35.5. The van der Waals surface area contributed by atoms with Gasteiger partial charge >= 0.3 is 6.09 Å². The molecule has 0 bridgehead atoms. The van der Waals surface area contributed by atoms with E-state index in [0.29, 0.717) is 18.0 Å². The van der Waals surface area contributed by atoms with Crippen molar-refractivity contribution in [3.05, 3.63) is 34.9 Å². The maximum Gasteiger partial charge on any atom is 0.410 e. The zero-order valence-electron chi connectivity index (χ0n) is 14.9. The molecule has 5 nitrogen and oxygen atoms in total. The molecule has 1 saturated heterocycles. The Morgan fingerprint density at radius 1 is 1.29 bits per heavy atom. The molecule has 1 fully saturated rings.